The number of amides is 1. The molecule has 0 aliphatic heterocycles. The number of nitrogens with zero attached hydrogens (tertiary/aromatic N) is 2. The highest BCUT2D eigenvalue weighted by Gasteiger charge is 2.10. The summed E-state index contributed by atoms with van der Waals surface area (Å²) in [6, 6.07) is 13.3. The second-order valence-electron chi connectivity index (χ2n) is 5.84. The highest BCUT2D eigenvalue weighted by molar-refractivity contribution is 5.92. The molecule has 0 spiro atoms. The summed E-state index contributed by atoms with van der Waals surface area (Å²) in [4.78, 5) is 39.9. The Morgan fingerprint density at radius 3 is 2.50 bits per heavy atom. The Kier molecular flexibility index (Phi) is 5.59. The number of nitrogens with one attached hydrogen (secondary N) is 1. The van der Waals surface area contributed by atoms with Crippen LogP contribution in [0.3, 0.4) is 0 Å². The van der Waals surface area contributed by atoms with E-state index in [1.54, 1.807) is 24.3 Å². The van der Waals surface area contributed by atoms with Crippen LogP contribution >= 0.6 is 0 Å². The fourth-order valence-electron chi connectivity index (χ4n) is 2.52. The zero-order chi connectivity index (χ0) is 20.1. The Balaban J connectivity index is 1.70. The van der Waals surface area contributed by atoms with E-state index in [0.717, 1.165) is 4.57 Å². The van der Waals surface area contributed by atoms with Crippen molar-refractivity contribution in [1.29, 1.82) is 0 Å². The van der Waals surface area contributed by atoms with Crippen molar-refractivity contribution >= 4 is 17.6 Å². The third-order valence-electron chi connectivity index (χ3n) is 3.93. The van der Waals surface area contributed by atoms with Crippen LogP contribution in [-0.4, -0.2) is 28.5 Å². The van der Waals surface area contributed by atoms with E-state index in [-0.39, 0.29) is 17.8 Å². The van der Waals surface area contributed by atoms with Gasteiger partial charge in [0, 0.05) is 17.3 Å². The SMILES string of the molecule is COC(=O)c1ccc(NC(=O)Cn2cnc(-c3ccccc3F)cc2=O)cc1. The Morgan fingerprint density at radius 1 is 1.14 bits per heavy atom. The molecule has 7 nitrogen and oxygen atoms in total. The lowest BCUT2D eigenvalue weighted by Crippen LogP contribution is -2.27. The van der Waals surface area contributed by atoms with E-state index in [9.17, 15) is 18.8 Å². The first-order chi connectivity index (χ1) is 13.5. The number of ether oxygens (including phenoxy) is 1. The van der Waals surface area contributed by atoms with Gasteiger partial charge in [0.15, 0.2) is 0 Å². The molecule has 28 heavy (non-hydrogen) atoms. The standard InChI is InChI=1S/C20H16FN3O4/c1-28-20(27)13-6-8-14(9-7-13)23-18(25)11-24-12-22-17(10-19(24)26)15-4-2-3-5-16(15)21/h2-10,12H,11H2,1H3,(H,23,25). The number of carbonyl (C=O) groups is 2. The van der Waals surface area contributed by atoms with E-state index in [1.165, 1.54) is 43.8 Å². The minimum absolute atomic E-state index is 0.193. The van der Waals surface area contributed by atoms with Crippen LogP contribution in [0.4, 0.5) is 10.1 Å². The van der Waals surface area contributed by atoms with Crippen molar-refractivity contribution in [3.63, 3.8) is 0 Å². The van der Waals surface area contributed by atoms with Gasteiger partial charge in [0.05, 0.1) is 24.7 Å². The molecule has 8 heteroatoms. The maximum atomic E-state index is 13.8. The summed E-state index contributed by atoms with van der Waals surface area (Å²) in [6.07, 6.45) is 1.20. The molecule has 2 aromatic carbocycles. The summed E-state index contributed by atoms with van der Waals surface area (Å²) in [6.45, 7) is -0.262. The van der Waals surface area contributed by atoms with E-state index >= 15 is 0 Å². The molecule has 3 rings (SSSR count). The molecule has 3 aromatic rings. The number of esters is 1. The van der Waals surface area contributed by atoms with E-state index in [4.69, 9.17) is 0 Å². The summed E-state index contributed by atoms with van der Waals surface area (Å²) >= 11 is 0. The lowest BCUT2D eigenvalue weighted by Gasteiger charge is -2.09. The van der Waals surface area contributed by atoms with Crippen LogP contribution in [0.2, 0.25) is 0 Å². The number of hydrogen-bond acceptors (Lipinski definition) is 5. The Labute approximate surface area is 159 Å². The maximum absolute atomic E-state index is 13.8. The monoisotopic (exact) mass is 381 g/mol. The molecule has 1 N–H and O–H groups in total. The number of aromatic nitrogens is 2. The van der Waals surface area contributed by atoms with Crippen molar-refractivity contribution in [3.05, 3.63) is 82.7 Å². The first-order valence-corrected chi connectivity index (χ1v) is 8.27. The normalized spacial score (nSPS) is 10.4. The van der Waals surface area contributed by atoms with E-state index in [1.807, 2.05) is 0 Å². The van der Waals surface area contributed by atoms with Crippen molar-refractivity contribution in [2.24, 2.45) is 0 Å². The molecular weight excluding hydrogens is 365 g/mol. The maximum Gasteiger partial charge on any atom is 0.337 e. The minimum atomic E-state index is -0.486. The summed E-state index contributed by atoms with van der Waals surface area (Å²) in [5, 5.41) is 2.62. The molecule has 0 atom stereocenters. The third kappa shape index (κ3) is 4.29. The summed E-state index contributed by atoms with van der Waals surface area (Å²) in [5.41, 5.74) is 0.732. The fourth-order valence-corrected chi connectivity index (χ4v) is 2.52. The van der Waals surface area contributed by atoms with Gasteiger partial charge in [-0.1, -0.05) is 12.1 Å². The van der Waals surface area contributed by atoms with Gasteiger partial charge >= 0.3 is 5.97 Å². The highest BCUT2D eigenvalue weighted by atomic mass is 19.1. The molecule has 142 valence electrons. The molecule has 1 aromatic heterocycles. The number of halogens is 1. The minimum Gasteiger partial charge on any atom is -0.465 e. The summed E-state index contributed by atoms with van der Waals surface area (Å²) < 4.78 is 19.5. The molecule has 0 saturated carbocycles. The van der Waals surface area contributed by atoms with Gasteiger partial charge in [0.25, 0.3) is 5.56 Å². The summed E-state index contributed by atoms with van der Waals surface area (Å²) in [5.74, 6) is -1.42. The first-order valence-electron chi connectivity index (χ1n) is 8.27. The van der Waals surface area contributed by atoms with Gasteiger partial charge in [-0.15, -0.1) is 0 Å². The largest absolute Gasteiger partial charge is 0.465 e. The zero-order valence-electron chi connectivity index (χ0n) is 14.9. The Morgan fingerprint density at radius 2 is 1.86 bits per heavy atom. The van der Waals surface area contributed by atoms with Crippen molar-refractivity contribution in [1.82, 2.24) is 9.55 Å². The van der Waals surface area contributed by atoms with Crippen molar-refractivity contribution in [2.75, 3.05) is 12.4 Å². The highest BCUT2D eigenvalue weighted by Crippen LogP contribution is 2.18. The number of methoxy groups -OCH3 is 1. The molecule has 0 aliphatic rings. The lowest BCUT2D eigenvalue weighted by atomic mass is 10.1. The summed E-state index contributed by atoms with van der Waals surface area (Å²) in [7, 11) is 1.28. The van der Waals surface area contributed by atoms with Crippen LogP contribution in [0.1, 0.15) is 10.4 Å². The predicted octanol–water partition coefficient (Wildman–Crippen LogP) is 2.47. The Bertz CT molecular complexity index is 1080. The number of benzene rings is 2. The molecule has 1 heterocycles. The quantitative estimate of drug-likeness (QED) is 0.686. The average molecular weight is 381 g/mol. The van der Waals surface area contributed by atoms with Crippen molar-refractivity contribution in [3.8, 4) is 11.3 Å². The van der Waals surface area contributed by atoms with Crippen molar-refractivity contribution < 1.29 is 18.7 Å². The van der Waals surface area contributed by atoms with Crippen LogP contribution in [0, 0.1) is 5.82 Å². The molecule has 0 fully saturated rings. The zero-order valence-corrected chi connectivity index (χ0v) is 14.9. The number of hydrogen-bond donors (Lipinski definition) is 1. The smallest absolute Gasteiger partial charge is 0.337 e. The van der Waals surface area contributed by atoms with Crippen LogP contribution in [0.25, 0.3) is 11.3 Å². The molecule has 1 amide bonds. The van der Waals surface area contributed by atoms with Crippen LogP contribution < -0.4 is 10.9 Å². The van der Waals surface area contributed by atoms with Gasteiger partial charge in [-0.2, -0.15) is 0 Å². The lowest BCUT2D eigenvalue weighted by molar-refractivity contribution is -0.116. The topological polar surface area (TPSA) is 90.3 Å². The second kappa shape index (κ2) is 8.26. The Hall–Kier alpha value is -3.81. The van der Waals surface area contributed by atoms with E-state index < -0.39 is 23.3 Å². The molecule has 0 bridgehead atoms. The van der Waals surface area contributed by atoms with Gasteiger partial charge in [0.1, 0.15) is 12.4 Å². The van der Waals surface area contributed by atoms with Gasteiger partial charge in [-0.05, 0) is 36.4 Å². The molecule has 0 aliphatic carbocycles. The molecule has 0 radical (unpaired) electrons. The first kappa shape index (κ1) is 19.0. The van der Waals surface area contributed by atoms with Gasteiger partial charge in [-0.25, -0.2) is 14.2 Å². The third-order valence-corrected chi connectivity index (χ3v) is 3.93. The van der Waals surface area contributed by atoms with Crippen LogP contribution in [0.5, 0.6) is 0 Å². The van der Waals surface area contributed by atoms with Gasteiger partial charge in [0.2, 0.25) is 5.91 Å². The molecule has 0 unspecified atom stereocenters. The van der Waals surface area contributed by atoms with E-state index in [0.29, 0.717) is 11.3 Å². The van der Waals surface area contributed by atoms with Gasteiger partial charge < -0.3 is 10.1 Å². The van der Waals surface area contributed by atoms with Crippen molar-refractivity contribution in [2.45, 2.75) is 6.54 Å². The molecular formula is C20H16FN3O4. The van der Waals surface area contributed by atoms with E-state index in [2.05, 4.69) is 15.0 Å². The van der Waals surface area contributed by atoms with Crippen LogP contribution in [0.15, 0.2) is 65.7 Å². The number of anilines is 1. The second-order valence-corrected chi connectivity index (χ2v) is 5.84. The fraction of sp³-hybridized carbons (Fsp3) is 0.100. The van der Waals surface area contributed by atoms with Gasteiger partial charge in [-0.3, -0.25) is 14.2 Å². The molecule has 0 saturated heterocycles. The number of rotatable bonds is 5. The predicted molar refractivity (Wildman–Crippen MR) is 100 cm³/mol. The number of carbonyl (C=O) groups excluding carboxylic acids is 2. The average Bonchev–Trinajstić information content (AvgIpc) is 2.70. The van der Waals surface area contributed by atoms with Crippen LogP contribution in [-0.2, 0) is 16.1 Å².